The largest absolute Gasteiger partial charge is 0.478 e. The first-order chi connectivity index (χ1) is 12.5. The molecule has 0 aliphatic carbocycles. The van der Waals surface area contributed by atoms with Gasteiger partial charge in [-0.25, -0.2) is 4.79 Å². The number of rotatable bonds is 5. The number of carbonyl (C=O) groups is 3. The van der Waals surface area contributed by atoms with E-state index in [2.05, 4.69) is 10.6 Å². The molecule has 2 aromatic carbocycles. The Morgan fingerprint density at radius 1 is 0.846 bits per heavy atom. The van der Waals surface area contributed by atoms with E-state index < -0.39 is 17.8 Å². The van der Waals surface area contributed by atoms with Crippen molar-refractivity contribution in [1.29, 1.82) is 0 Å². The smallest absolute Gasteiger partial charge is 0.335 e. The van der Waals surface area contributed by atoms with E-state index in [-0.39, 0.29) is 16.9 Å². The Kier molecular flexibility index (Phi) is 4.80. The highest BCUT2D eigenvalue weighted by atomic mass is 16.4. The number of anilines is 2. The summed E-state index contributed by atoms with van der Waals surface area (Å²) in [5, 5.41) is 14.3. The summed E-state index contributed by atoms with van der Waals surface area (Å²) >= 11 is 0. The topological polar surface area (TPSA) is 109 Å². The van der Waals surface area contributed by atoms with Gasteiger partial charge >= 0.3 is 5.97 Å². The number of nitrogens with one attached hydrogen (secondary N) is 2. The number of aromatic carboxylic acids is 1. The van der Waals surface area contributed by atoms with Crippen LogP contribution in [0.25, 0.3) is 0 Å². The van der Waals surface area contributed by atoms with Crippen LogP contribution in [-0.4, -0.2) is 22.9 Å². The molecule has 0 saturated heterocycles. The molecule has 0 fully saturated rings. The molecular formula is C19H14N2O5. The number of carboxylic acid groups (broad SMARTS) is 1. The first kappa shape index (κ1) is 17.0. The van der Waals surface area contributed by atoms with Gasteiger partial charge in [0.1, 0.15) is 0 Å². The normalized spacial score (nSPS) is 10.2. The number of carbonyl (C=O) groups excluding carboxylic acids is 2. The van der Waals surface area contributed by atoms with Crippen molar-refractivity contribution in [3.8, 4) is 0 Å². The zero-order valence-corrected chi connectivity index (χ0v) is 13.4. The van der Waals surface area contributed by atoms with Crippen molar-refractivity contribution in [2.45, 2.75) is 0 Å². The highest BCUT2D eigenvalue weighted by Crippen LogP contribution is 2.19. The molecule has 1 heterocycles. The fourth-order valence-corrected chi connectivity index (χ4v) is 2.31. The van der Waals surface area contributed by atoms with Gasteiger partial charge in [-0.15, -0.1) is 0 Å². The summed E-state index contributed by atoms with van der Waals surface area (Å²) in [5.41, 5.74) is 0.929. The predicted octanol–water partition coefficient (Wildman–Crippen LogP) is 3.48. The Balaban J connectivity index is 1.81. The van der Waals surface area contributed by atoms with Crippen LogP contribution in [0.5, 0.6) is 0 Å². The highest BCUT2D eigenvalue weighted by molar-refractivity contribution is 6.12. The maximum atomic E-state index is 12.6. The van der Waals surface area contributed by atoms with Crippen LogP contribution in [0.3, 0.4) is 0 Å². The van der Waals surface area contributed by atoms with Gasteiger partial charge in [-0.3, -0.25) is 9.59 Å². The van der Waals surface area contributed by atoms with Crippen LogP contribution in [0.2, 0.25) is 0 Å². The Morgan fingerprint density at radius 2 is 1.65 bits per heavy atom. The summed E-state index contributed by atoms with van der Waals surface area (Å²) in [6.07, 6.45) is 1.38. The van der Waals surface area contributed by atoms with E-state index in [0.29, 0.717) is 11.4 Å². The monoisotopic (exact) mass is 350 g/mol. The van der Waals surface area contributed by atoms with Crippen LogP contribution >= 0.6 is 0 Å². The molecule has 26 heavy (non-hydrogen) atoms. The average Bonchev–Trinajstić information content (AvgIpc) is 3.17. The molecule has 0 saturated carbocycles. The number of hydrogen-bond acceptors (Lipinski definition) is 4. The van der Waals surface area contributed by atoms with Crippen molar-refractivity contribution in [3.63, 3.8) is 0 Å². The Bertz CT molecular complexity index is 964. The summed E-state index contributed by atoms with van der Waals surface area (Å²) in [7, 11) is 0. The van der Waals surface area contributed by atoms with E-state index in [9.17, 15) is 14.4 Å². The van der Waals surface area contributed by atoms with Crippen LogP contribution < -0.4 is 10.6 Å². The number of carboxylic acids is 1. The Labute approximate surface area is 148 Å². The molecule has 0 unspecified atom stereocenters. The summed E-state index contributed by atoms with van der Waals surface area (Å²) in [6.45, 7) is 0. The average molecular weight is 350 g/mol. The molecule has 7 heteroatoms. The molecule has 3 N–H and O–H groups in total. The van der Waals surface area contributed by atoms with Crippen LogP contribution in [-0.2, 0) is 0 Å². The lowest BCUT2D eigenvalue weighted by Crippen LogP contribution is -2.18. The number of furan rings is 1. The number of benzene rings is 2. The zero-order chi connectivity index (χ0) is 18.5. The molecule has 2 amide bonds. The van der Waals surface area contributed by atoms with Crippen molar-refractivity contribution in [1.82, 2.24) is 0 Å². The second-order valence-corrected chi connectivity index (χ2v) is 5.32. The van der Waals surface area contributed by atoms with Gasteiger partial charge in [0.15, 0.2) is 5.76 Å². The molecule has 0 bridgehead atoms. The minimum Gasteiger partial charge on any atom is -0.478 e. The van der Waals surface area contributed by atoms with Crippen LogP contribution in [0, 0.1) is 0 Å². The molecule has 130 valence electrons. The third-order valence-electron chi connectivity index (χ3n) is 3.53. The Morgan fingerprint density at radius 3 is 2.38 bits per heavy atom. The lowest BCUT2D eigenvalue weighted by atomic mass is 10.1. The van der Waals surface area contributed by atoms with Gasteiger partial charge in [-0.05, 0) is 42.5 Å². The van der Waals surface area contributed by atoms with E-state index in [1.54, 1.807) is 36.4 Å². The quantitative estimate of drug-likeness (QED) is 0.653. The lowest BCUT2D eigenvalue weighted by molar-refractivity contribution is 0.0696. The molecule has 0 atom stereocenters. The fourth-order valence-electron chi connectivity index (χ4n) is 2.31. The van der Waals surface area contributed by atoms with Gasteiger partial charge in [0, 0.05) is 5.69 Å². The molecule has 0 spiro atoms. The molecule has 3 rings (SSSR count). The summed E-state index contributed by atoms with van der Waals surface area (Å²) in [6, 6.07) is 15.5. The molecule has 1 aromatic heterocycles. The summed E-state index contributed by atoms with van der Waals surface area (Å²) < 4.78 is 5.03. The second kappa shape index (κ2) is 7.35. The van der Waals surface area contributed by atoms with Crippen molar-refractivity contribution < 1.29 is 23.9 Å². The molecule has 0 radical (unpaired) electrons. The molecular weight excluding hydrogens is 336 g/mol. The van der Waals surface area contributed by atoms with Gasteiger partial charge in [0.05, 0.1) is 23.1 Å². The van der Waals surface area contributed by atoms with Crippen LogP contribution in [0.1, 0.15) is 31.3 Å². The Hall–Kier alpha value is -3.87. The number of amides is 2. The van der Waals surface area contributed by atoms with E-state index in [0.717, 1.165) is 0 Å². The van der Waals surface area contributed by atoms with E-state index in [1.807, 2.05) is 0 Å². The zero-order valence-electron chi connectivity index (χ0n) is 13.4. The van der Waals surface area contributed by atoms with Gasteiger partial charge in [0.2, 0.25) is 0 Å². The number of para-hydroxylation sites is 1. The SMILES string of the molecule is O=C(O)c1cccc(NC(=O)c2ccccc2NC(=O)c2ccco2)c1. The third-order valence-corrected chi connectivity index (χ3v) is 3.53. The van der Waals surface area contributed by atoms with Crippen molar-refractivity contribution >= 4 is 29.2 Å². The molecule has 0 aliphatic heterocycles. The standard InChI is InChI=1S/C19H14N2O5/c22-17(20-13-6-3-5-12(11-13)19(24)25)14-7-1-2-8-15(14)21-18(23)16-9-4-10-26-16/h1-11H,(H,20,22)(H,21,23)(H,24,25). The first-order valence-electron chi connectivity index (χ1n) is 7.63. The molecule has 0 aliphatic rings. The van der Waals surface area contributed by atoms with Crippen molar-refractivity contribution in [2.24, 2.45) is 0 Å². The first-order valence-corrected chi connectivity index (χ1v) is 7.63. The van der Waals surface area contributed by atoms with Crippen molar-refractivity contribution in [2.75, 3.05) is 10.6 Å². The maximum Gasteiger partial charge on any atom is 0.335 e. The van der Waals surface area contributed by atoms with E-state index in [1.165, 1.54) is 30.5 Å². The van der Waals surface area contributed by atoms with Gasteiger partial charge in [-0.1, -0.05) is 18.2 Å². The maximum absolute atomic E-state index is 12.6. The lowest BCUT2D eigenvalue weighted by Gasteiger charge is -2.11. The summed E-state index contributed by atoms with van der Waals surface area (Å²) in [4.78, 5) is 35.7. The summed E-state index contributed by atoms with van der Waals surface area (Å²) in [5.74, 6) is -1.94. The predicted molar refractivity (Wildman–Crippen MR) is 94.5 cm³/mol. The second-order valence-electron chi connectivity index (χ2n) is 5.32. The van der Waals surface area contributed by atoms with Crippen molar-refractivity contribution in [3.05, 3.63) is 83.8 Å². The molecule has 7 nitrogen and oxygen atoms in total. The van der Waals surface area contributed by atoms with E-state index >= 15 is 0 Å². The minimum absolute atomic E-state index is 0.0576. The fraction of sp³-hybridized carbons (Fsp3) is 0. The van der Waals surface area contributed by atoms with Gasteiger partial charge in [0.25, 0.3) is 11.8 Å². The molecule has 3 aromatic rings. The highest BCUT2D eigenvalue weighted by Gasteiger charge is 2.16. The number of hydrogen-bond donors (Lipinski definition) is 3. The van der Waals surface area contributed by atoms with Crippen LogP contribution in [0.4, 0.5) is 11.4 Å². The minimum atomic E-state index is -1.09. The van der Waals surface area contributed by atoms with E-state index in [4.69, 9.17) is 9.52 Å². The third kappa shape index (κ3) is 3.78. The van der Waals surface area contributed by atoms with Crippen LogP contribution in [0.15, 0.2) is 71.3 Å². The van der Waals surface area contributed by atoms with Gasteiger partial charge in [-0.2, -0.15) is 0 Å². The van der Waals surface area contributed by atoms with Gasteiger partial charge < -0.3 is 20.2 Å².